The van der Waals surface area contributed by atoms with E-state index in [1.54, 1.807) is 11.6 Å². The van der Waals surface area contributed by atoms with Crippen LogP contribution in [0, 0.1) is 5.92 Å². The van der Waals surface area contributed by atoms with Crippen molar-refractivity contribution in [2.75, 3.05) is 6.79 Å². The van der Waals surface area contributed by atoms with E-state index in [1.165, 1.54) is 24.8 Å². The van der Waals surface area contributed by atoms with Crippen molar-refractivity contribution >= 4 is 5.97 Å². The van der Waals surface area contributed by atoms with Gasteiger partial charge in [0.15, 0.2) is 11.5 Å². The summed E-state index contributed by atoms with van der Waals surface area (Å²) in [6.07, 6.45) is 6.82. The molecule has 1 atom stereocenters. The Morgan fingerprint density at radius 3 is 2.71 bits per heavy atom. The third-order valence-electron chi connectivity index (χ3n) is 4.40. The summed E-state index contributed by atoms with van der Waals surface area (Å²) in [5, 5.41) is 8.51. The van der Waals surface area contributed by atoms with Crippen LogP contribution in [0.15, 0.2) is 42.0 Å². The molecule has 1 N–H and O–H groups in total. The largest absolute Gasteiger partial charge is 0.481 e. The van der Waals surface area contributed by atoms with Crippen LogP contribution in [0.4, 0.5) is 0 Å². The molecular weight excluding hydrogens is 304 g/mol. The second-order valence-corrected chi connectivity index (χ2v) is 6.45. The minimum atomic E-state index is -0.789. The topological polar surface area (TPSA) is 55.8 Å². The highest BCUT2D eigenvalue weighted by atomic mass is 16.7. The van der Waals surface area contributed by atoms with E-state index in [0.29, 0.717) is 12.2 Å². The van der Waals surface area contributed by atoms with E-state index >= 15 is 0 Å². The van der Waals surface area contributed by atoms with E-state index in [9.17, 15) is 4.79 Å². The van der Waals surface area contributed by atoms with Crippen LogP contribution in [0.5, 0.6) is 11.5 Å². The van der Waals surface area contributed by atoms with Crippen LogP contribution in [0.3, 0.4) is 0 Å². The third-order valence-corrected chi connectivity index (χ3v) is 4.40. The van der Waals surface area contributed by atoms with Gasteiger partial charge in [0.25, 0.3) is 0 Å². The number of carbonyl (C=O) groups is 1. The van der Waals surface area contributed by atoms with Gasteiger partial charge < -0.3 is 14.6 Å². The molecule has 3 rings (SSSR count). The highest BCUT2D eigenvalue weighted by Gasteiger charge is 2.13. The molecule has 1 aliphatic heterocycles. The van der Waals surface area contributed by atoms with Crippen LogP contribution >= 0.6 is 0 Å². The van der Waals surface area contributed by atoms with Crippen LogP contribution in [0.25, 0.3) is 0 Å². The van der Waals surface area contributed by atoms with Crippen molar-refractivity contribution in [3.8, 4) is 11.5 Å². The summed E-state index contributed by atoms with van der Waals surface area (Å²) in [4.78, 5) is 10.4. The molecule has 0 radical (unpaired) electrons. The molecule has 0 spiro atoms. The average Bonchev–Trinajstić information content (AvgIpc) is 3.01. The maximum Gasteiger partial charge on any atom is 0.303 e. The smallest absolute Gasteiger partial charge is 0.303 e. The van der Waals surface area contributed by atoms with Crippen molar-refractivity contribution in [3.05, 3.63) is 47.6 Å². The predicted molar refractivity (Wildman–Crippen MR) is 94.4 cm³/mol. The predicted octanol–water partition coefficient (Wildman–Crippen LogP) is 4.74. The number of benzene rings is 1. The fourth-order valence-corrected chi connectivity index (χ4v) is 2.76. The SMILES string of the molecule is C=C(C)[C@H]1CC=C(C)CC1.O=C(O)CCc1ccc2c(c1)OCO2. The number of fused-ring (bicyclic) bond motifs is 1. The maximum atomic E-state index is 10.4. The van der Waals surface area contributed by atoms with Crippen molar-refractivity contribution in [1.29, 1.82) is 0 Å². The van der Waals surface area contributed by atoms with Crippen LogP contribution in [-0.2, 0) is 11.2 Å². The van der Waals surface area contributed by atoms with Gasteiger partial charge >= 0.3 is 5.97 Å². The molecule has 2 aliphatic rings. The lowest BCUT2D eigenvalue weighted by Gasteiger charge is -2.19. The van der Waals surface area contributed by atoms with Crippen LogP contribution in [0.1, 0.15) is 45.1 Å². The van der Waals surface area contributed by atoms with E-state index in [4.69, 9.17) is 14.6 Å². The highest BCUT2D eigenvalue weighted by molar-refractivity contribution is 5.67. The summed E-state index contributed by atoms with van der Waals surface area (Å²) in [5.41, 5.74) is 3.86. The Balaban J connectivity index is 0.000000185. The molecule has 4 heteroatoms. The summed E-state index contributed by atoms with van der Waals surface area (Å²) in [6.45, 7) is 8.58. The number of hydrogen-bond donors (Lipinski definition) is 1. The minimum Gasteiger partial charge on any atom is -0.481 e. The van der Waals surface area contributed by atoms with Crippen LogP contribution < -0.4 is 9.47 Å². The summed E-state index contributed by atoms with van der Waals surface area (Å²) >= 11 is 0. The van der Waals surface area contributed by atoms with Gasteiger partial charge in [-0.2, -0.15) is 0 Å². The van der Waals surface area contributed by atoms with Gasteiger partial charge in [0, 0.05) is 6.42 Å². The molecular formula is C20H26O4. The molecule has 0 amide bonds. The van der Waals surface area contributed by atoms with Gasteiger partial charge in [-0.15, -0.1) is 0 Å². The fourth-order valence-electron chi connectivity index (χ4n) is 2.76. The number of hydrogen-bond acceptors (Lipinski definition) is 3. The van der Waals surface area contributed by atoms with Crippen LogP contribution in [-0.4, -0.2) is 17.9 Å². The summed E-state index contributed by atoms with van der Waals surface area (Å²) in [5.74, 6) is 1.41. The molecule has 0 bridgehead atoms. The second-order valence-electron chi connectivity index (χ2n) is 6.45. The lowest BCUT2D eigenvalue weighted by molar-refractivity contribution is -0.136. The summed E-state index contributed by atoms with van der Waals surface area (Å²) in [6, 6.07) is 5.49. The molecule has 1 aliphatic carbocycles. The van der Waals surface area contributed by atoms with Gasteiger partial charge in [0.2, 0.25) is 6.79 Å². The van der Waals surface area contributed by atoms with Gasteiger partial charge in [-0.05, 0) is 63.1 Å². The quantitative estimate of drug-likeness (QED) is 0.810. The summed E-state index contributed by atoms with van der Waals surface area (Å²) in [7, 11) is 0. The number of aliphatic carboxylic acids is 1. The molecule has 0 unspecified atom stereocenters. The number of aryl methyl sites for hydroxylation is 1. The number of carboxylic acids is 1. The Hall–Kier alpha value is -2.23. The normalized spacial score (nSPS) is 18.2. The zero-order valence-corrected chi connectivity index (χ0v) is 14.5. The molecule has 130 valence electrons. The van der Waals surface area contributed by atoms with E-state index in [1.807, 2.05) is 12.1 Å². The van der Waals surface area contributed by atoms with Gasteiger partial charge in [-0.3, -0.25) is 4.79 Å². The molecule has 1 aromatic rings. The maximum absolute atomic E-state index is 10.4. The van der Waals surface area contributed by atoms with Crippen molar-refractivity contribution in [3.63, 3.8) is 0 Å². The fraction of sp³-hybridized carbons (Fsp3) is 0.450. The molecule has 24 heavy (non-hydrogen) atoms. The van der Waals surface area contributed by atoms with Crippen LogP contribution in [0.2, 0.25) is 0 Å². The molecule has 4 nitrogen and oxygen atoms in total. The Morgan fingerprint density at radius 2 is 2.08 bits per heavy atom. The van der Waals surface area contributed by atoms with Crippen molar-refractivity contribution < 1.29 is 19.4 Å². The van der Waals surface area contributed by atoms with E-state index in [2.05, 4.69) is 26.5 Å². The number of allylic oxidation sites excluding steroid dienone is 3. The van der Waals surface area contributed by atoms with E-state index < -0.39 is 5.97 Å². The zero-order chi connectivity index (χ0) is 17.5. The zero-order valence-electron chi connectivity index (χ0n) is 14.5. The third kappa shape index (κ3) is 5.44. The van der Waals surface area contributed by atoms with Gasteiger partial charge in [0.1, 0.15) is 0 Å². The van der Waals surface area contributed by atoms with Gasteiger partial charge in [-0.25, -0.2) is 0 Å². The first-order chi connectivity index (χ1) is 11.5. The molecule has 1 aromatic carbocycles. The van der Waals surface area contributed by atoms with Gasteiger partial charge in [-0.1, -0.05) is 29.9 Å². The number of ether oxygens (including phenoxy) is 2. The van der Waals surface area contributed by atoms with E-state index in [-0.39, 0.29) is 13.2 Å². The molecule has 0 saturated carbocycles. The summed E-state index contributed by atoms with van der Waals surface area (Å²) < 4.78 is 10.3. The van der Waals surface area contributed by atoms with Crippen molar-refractivity contribution in [2.45, 2.75) is 46.0 Å². The highest BCUT2D eigenvalue weighted by Crippen LogP contribution is 2.32. The van der Waals surface area contributed by atoms with Crippen molar-refractivity contribution in [2.24, 2.45) is 5.92 Å². The Bertz CT molecular complexity index is 631. The minimum absolute atomic E-state index is 0.139. The first-order valence-corrected chi connectivity index (χ1v) is 8.37. The molecule has 0 aromatic heterocycles. The Kier molecular flexibility index (Phi) is 6.47. The number of carboxylic acid groups (broad SMARTS) is 1. The molecule has 0 saturated heterocycles. The standard InChI is InChI=1S/C10H10O4.C10H16/c11-10(12)4-2-7-1-3-8-9(5-7)14-6-13-8;1-8(2)10-6-4-9(3)5-7-10/h1,3,5H,2,4,6H2,(H,11,12);4,10H,1,5-7H2,2-3H3/t;10-/m.0/s1. The lowest BCUT2D eigenvalue weighted by Crippen LogP contribution is -2.04. The monoisotopic (exact) mass is 330 g/mol. The first kappa shape index (κ1) is 18.1. The lowest BCUT2D eigenvalue weighted by atomic mass is 9.86. The molecule has 1 heterocycles. The number of rotatable bonds is 4. The first-order valence-electron chi connectivity index (χ1n) is 8.37. The molecule has 0 fully saturated rings. The Morgan fingerprint density at radius 1 is 1.33 bits per heavy atom. The average molecular weight is 330 g/mol. The van der Waals surface area contributed by atoms with Crippen molar-refractivity contribution in [1.82, 2.24) is 0 Å². The Labute approximate surface area is 143 Å². The van der Waals surface area contributed by atoms with Gasteiger partial charge in [0.05, 0.1) is 0 Å². The second kappa shape index (κ2) is 8.57. The van der Waals surface area contributed by atoms with E-state index in [0.717, 1.165) is 17.2 Å².